The van der Waals surface area contributed by atoms with E-state index in [2.05, 4.69) is 15.0 Å². The summed E-state index contributed by atoms with van der Waals surface area (Å²) in [7, 11) is 1.58. The van der Waals surface area contributed by atoms with Gasteiger partial charge in [0.15, 0.2) is 0 Å². The van der Waals surface area contributed by atoms with E-state index in [1.807, 2.05) is 35.9 Å². The van der Waals surface area contributed by atoms with Crippen molar-refractivity contribution >= 4 is 6.08 Å². The SMILES string of the molecule is COc1cc(C=c2[nH]c3n(c2=O)C(CO)(c2ccc(F)cc2)CN=3)ccc1-n1cnc(C)c1. The van der Waals surface area contributed by atoms with Crippen LogP contribution in [0.2, 0.25) is 0 Å². The summed E-state index contributed by atoms with van der Waals surface area (Å²) in [5.74, 6) is 0.238. The smallest absolute Gasteiger partial charge is 0.278 e. The van der Waals surface area contributed by atoms with Gasteiger partial charge in [-0.15, -0.1) is 0 Å². The highest BCUT2D eigenvalue weighted by molar-refractivity contribution is 5.58. The number of rotatable bonds is 5. The average molecular weight is 447 g/mol. The molecule has 5 rings (SSSR count). The Bertz CT molecular complexity index is 1520. The van der Waals surface area contributed by atoms with Gasteiger partial charge in [-0.3, -0.25) is 9.36 Å². The zero-order valence-electron chi connectivity index (χ0n) is 18.1. The maximum atomic E-state index is 13.4. The molecule has 0 fully saturated rings. The zero-order valence-corrected chi connectivity index (χ0v) is 18.1. The highest BCUT2D eigenvalue weighted by atomic mass is 19.1. The Kier molecular flexibility index (Phi) is 4.98. The fourth-order valence-electron chi connectivity index (χ4n) is 4.24. The maximum Gasteiger partial charge on any atom is 0.278 e. The molecular formula is C24H22FN5O3. The van der Waals surface area contributed by atoms with Crippen molar-refractivity contribution < 1.29 is 14.2 Å². The van der Waals surface area contributed by atoms with Crippen molar-refractivity contribution in [3.63, 3.8) is 0 Å². The van der Waals surface area contributed by atoms with Crippen molar-refractivity contribution in [3.8, 4) is 11.4 Å². The molecule has 1 atom stereocenters. The third kappa shape index (κ3) is 3.37. The van der Waals surface area contributed by atoms with Crippen LogP contribution in [0.4, 0.5) is 4.39 Å². The van der Waals surface area contributed by atoms with Gasteiger partial charge in [0.05, 0.1) is 38.0 Å². The van der Waals surface area contributed by atoms with E-state index in [9.17, 15) is 14.3 Å². The Morgan fingerprint density at radius 1 is 1.27 bits per heavy atom. The van der Waals surface area contributed by atoms with Crippen LogP contribution in [0.15, 0.2) is 64.8 Å². The maximum absolute atomic E-state index is 13.4. The molecule has 1 unspecified atom stereocenters. The highest BCUT2D eigenvalue weighted by Gasteiger charge is 2.40. The van der Waals surface area contributed by atoms with Gasteiger partial charge in [-0.2, -0.15) is 0 Å². The third-order valence-electron chi connectivity index (χ3n) is 5.96. The normalized spacial score (nSPS) is 17.8. The van der Waals surface area contributed by atoms with Crippen LogP contribution in [0.5, 0.6) is 5.75 Å². The molecule has 33 heavy (non-hydrogen) atoms. The van der Waals surface area contributed by atoms with Crippen molar-refractivity contribution in [1.82, 2.24) is 19.1 Å². The molecule has 1 aliphatic heterocycles. The molecule has 0 aliphatic carbocycles. The summed E-state index contributed by atoms with van der Waals surface area (Å²) in [6, 6.07) is 11.4. The number of nitrogens with zero attached hydrogens (tertiary/aromatic N) is 4. The first-order valence-electron chi connectivity index (χ1n) is 10.4. The van der Waals surface area contributed by atoms with Crippen molar-refractivity contribution in [1.29, 1.82) is 0 Å². The number of aromatic amines is 1. The minimum absolute atomic E-state index is 0.184. The molecule has 0 spiro atoms. The fraction of sp³-hybridized carbons (Fsp3) is 0.208. The summed E-state index contributed by atoms with van der Waals surface area (Å²) in [6.07, 6.45) is 5.32. The molecule has 2 N–H and O–H groups in total. The predicted molar refractivity (Wildman–Crippen MR) is 120 cm³/mol. The summed E-state index contributed by atoms with van der Waals surface area (Å²) in [5.41, 5.74) is 2.04. The van der Waals surface area contributed by atoms with E-state index in [-0.39, 0.29) is 24.5 Å². The molecule has 4 aromatic rings. The Hall–Kier alpha value is -3.98. The average Bonchev–Trinajstić information content (AvgIpc) is 3.50. The number of aliphatic hydroxyl groups is 1. The molecule has 2 aromatic carbocycles. The molecule has 0 bridgehead atoms. The Labute approximate surface area is 188 Å². The number of benzene rings is 2. The number of aryl methyl sites for hydroxylation is 1. The molecular weight excluding hydrogens is 425 g/mol. The van der Waals surface area contributed by atoms with Crippen LogP contribution in [0.25, 0.3) is 11.8 Å². The number of fused-ring (bicyclic) bond motifs is 1. The van der Waals surface area contributed by atoms with Crippen LogP contribution in [-0.4, -0.2) is 44.5 Å². The molecule has 0 amide bonds. The number of halogens is 1. The van der Waals surface area contributed by atoms with Crippen molar-refractivity contribution in [2.75, 3.05) is 20.3 Å². The van der Waals surface area contributed by atoms with Crippen molar-refractivity contribution in [3.05, 3.63) is 98.9 Å². The second kappa shape index (κ2) is 7.86. The third-order valence-corrected chi connectivity index (χ3v) is 5.96. The standard InChI is InChI=1S/C24H22FN5O3/c1-15-11-29(14-27-15)20-8-3-16(10-21(20)33-2)9-19-22(32)30-23(28-19)26-12-24(30,13-31)17-4-6-18(25)7-5-17/h3-11,14,31H,12-13H2,1-2H3,(H,26,28). The van der Waals surface area contributed by atoms with Gasteiger partial charge in [0.25, 0.3) is 5.56 Å². The lowest BCUT2D eigenvalue weighted by atomic mass is 9.91. The highest BCUT2D eigenvalue weighted by Crippen LogP contribution is 2.27. The van der Waals surface area contributed by atoms with E-state index < -0.39 is 5.54 Å². The second-order valence-corrected chi connectivity index (χ2v) is 8.01. The predicted octanol–water partition coefficient (Wildman–Crippen LogP) is 1.02. The van der Waals surface area contributed by atoms with Gasteiger partial charge in [-0.25, -0.2) is 14.4 Å². The van der Waals surface area contributed by atoms with Gasteiger partial charge in [-0.05, 0) is 48.4 Å². The van der Waals surface area contributed by atoms with Gasteiger partial charge in [0.1, 0.15) is 22.5 Å². The van der Waals surface area contributed by atoms with Gasteiger partial charge in [0.2, 0.25) is 5.62 Å². The van der Waals surface area contributed by atoms with E-state index >= 15 is 0 Å². The van der Waals surface area contributed by atoms with Gasteiger partial charge in [-0.1, -0.05) is 18.2 Å². The number of ether oxygens (including phenoxy) is 1. The molecule has 0 radical (unpaired) electrons. The van der Waals surface area contributed by atoms with E-state index in [1.54, 1.807) is 31.6 Å². The van der Waals surface area contributed by atoms with Gasteiger partial charge in [0, 0.05) is 6.20 Å². The van der Waals surface area contributed by atoms with Crippen molar-refractivity contribution in [2.45, 2.75) is 12.5 Å². The van der Waals surface area contributed by atoms with Crippen LogP contribution < -0.4 is 21.3 Å². The second-order valence-electron chi connectivity index (χ2n) is 8.01. The summed E-state index contributed by atoms with van der Waals surface area (Å²) in [6.45, 7) is 1.74. The minimum Gasteiger partial charge on any atom is -0.495 e. The van der Waals surface area contributed by atoms with Crippen LogP contribution >= 0.6 is 0 Å². The Morgan fingerprint density at radius 2 is 2.06 bits per heavy atom. The van der Waals surface area contributed by atoms with Crippen molar-refractivity contribution in [2.24, 2.45) is 4.99 Å². The number of imidazole rings is 2. The molecule has 0 saturated heterocycles. The molecule has 168 valence electrons. The molecule has 8 nitrogen and oxygen atoms in total. The number of methoxy groups -OCH3 is 1. The van der Waals surface area contributed by atoms with Crippen LogP contribution in [0, 0.1) is 12.7 Å². The monoisotopic (exact) mass is 447 g/mol. The summed E-state index contributed by atoms with van der Waals surface area (Å²) in [4.78, 5) is 25.1. The number of hydrogen-bond acceptors (Lipinski definition) is 5. The quantitative estimate of drug-likeness (QED) is 0.477. The number of aromatic nitrogens is 4. The van der Waals surface area contributed by atoms with E-state index in [1.165, 1.54) is 16.7 Å². The molecule has 0 saturated carbocycles. The minimum atomic E-state index is -1.08. The lowest BCUT2D eigenvalue weighted by molar-refractivity contribution is 0.177. The van der Waals surface area contributed by atoms with E-state index in [0.29, 0.717) is 22.3 Å². The number of nitrogens with one attached hydrogen (secondary N) is 1. The largest absolute Gasteiger partial charge is 0.495 e. The first kappa shape index (κ1) is 20.9. The number of aliphatic hydroxyl groups excluding tert-OH is 1. The number of H-pyrrole nitrogens is 1. The summed E-state index contributed by atoms with van der Waals surface area (Å²) < 4.78 is 22.3. The zero-order chi connectivity index (χ0) is 23.2. The molecule has 9 heteroatoms. The Balaban J connectivity index is 1.60. The Morgan fingerprint density at radius 3 is 2.73 bits per heavy atom. The van der Waals surface area contributed by atoms with E-state index in [0.717, 1.165) is 16.9 Å². The van der Waals surface area contributed by atoms with Crippen LogP contribution in [0.3, 0.4) is 0 Å². The lowest BCUT2D eigenvalue weighted by Crippen LogP contribution is -2.48. The lowest BCUT2D eigenvalue weighted by Gasteiger charge is -2.28. The van der Waals surface area contributed by atoms with Crippen LogP contribution in [-0.2, 0) is 5.54 Å². The molecule has 1 aliphatic rings. The first-order valence-corrected chi connectivity index (χ1v) is 10.4. The number of hydrogen-bond donors (Lipinski definition) is 2. The molecule has 3 heterocycles. The van der Waals surface area contributed by atoms with E-state index in [4.69, 9.17) is 4.74 Å². The van der Waals surface area contributed by atoms with Gasteiger partial charge < -0.3 is 19.4 Å². The summed E-state index contributed by atoms with van der Waals surface area (Å²) >= 11 is 0. The summed E-state index contributed by atoms with van der Waals surface area (Å²) in [5, 5.41) is 10.6. The fourth-order valence-corrected chi connectivity index (χ4v) is 4.24. The first-order chi connectivity index (χ1) is 15.9. The topological polar surface area (TPSA) is 97.4 Å². The van der Waals surface area contributed by atoms with Gasteiger partial charge >= 0.3 is 0 Å². The molecule has 2 aromatic heterocycles. The van der Waals surface area contributed by atoms with Crippen LogP contribution in [0.1, 0.15) is 16.8 Å².